The SMILES string of the molecule is CC[C@H](C)[C@@H]([C@@H](CC(=O)N1CCC[C@H]1[C@H](OC)[C@@H](C)C(=O)N[C@H](C)[C@@H](O)c1ccccc1)OC)N(C)C(=O)[C@@H](NC(=O)[C@H](C(C)C)N(C)C(=O)OCC(C)(C)SSc1nc2cnc(OC)nc2[nH]1)C(C)C. The molecule has 0 aliphatic carbocycles. The Labute approximate surface area is 427 Å². The van der Waals surface area contributed by atoms with Crippen LogP contribution < -0.4 is 15.4 Å². The highest BCUT2D eigenvalue weighted by molar-refractivity contribution is 8.77. The molecule has 3 aromatic rings. The Morgan fingerprint density at radius 1 is 0.930 bits per heavy atom. The zero-order valence-electron chi connectivity index (χ0n) is 44.3. The number of aromatic nitrogens is 4. The number of rotatable bonds is 26. The van der Waals surface area contributed by atoms with Crippen molar-refractivity contribution in [2.45, 2.75) is 153 Å². The van der Waals surface area contributed by atoms with Gasteiger partial charge in [-0.3, -0.25) is 24.1 Å². The van der Waals surface area contributed by atoms with E-state index < -0.39 is 71.2 Å². The van der Waals surface area contributed by atoms with Gasteiger partial charge in [-0.2, -0.15) is 4.98 Å². The van der Waals surface area contributed by atoms with Crippen LogP contribution >= 0.6 is 21.6 Å². The number of methoxy groups -OCH3 is 3. The number of benzene rings is 1. The number of aliphatic hydroxyl groups excluding tert-OH is 1. The number of aliphatic hydroxyl groups is 1. The number of carbonyl (C=O) groups excluding carboxylic acids is 5. The first-order valence-corrected chi connectivity index (χ1v) is 26.6. The van der Waals surface area contributed by atoms with Crippen LogP contribution in [0.3, 0.4) is 0 Å². The van der Waals surface area contributed by atoms with E-state index in [2.05, 4.69) is 30.6 Å². The molecular weight excluding hydrogens is 951 g/mol. The van der Waals surface area contributed by atoms with Gasteiger partial charge in [-0.05, 0) is 67.7 Å². The van der Waals surface area contributed by atoms with Gasteiger partial charge in [0.25, 0.3) is 0 Å². The summed E-state index contributed by atoms with van der Waals surface area (Å²) in [7, 11) is 10.5. The molecule has 10 atom stereocenters. The number of hydrogen-bond donors (Lipinski definition) is 4. The molecule has 1 fully saturated rings. The van der Waals surface area contributed by atoms with Crippen molar-refractivity contribution in [2.75, 3.05) is 48.6 Å². The quantitative estimate of drug-likeness (QED) is 0.0649. The summed E-state index contributed by atoms with van der Waals surface area (Å²) < 4.78 is 22.3. The number of ether oxygens (including phenoxy) is 4. The average molecular weight is 1030 g/mol. The van der Waals surface area contributed by atoms with Gasteiger partial charge < -0.3 is 49.5 Å². The third-order valence-corrected chi connectivity index (χ3v) is 16.4. The number of amides is 5. The maximum Gasteiger partial charge on any atom is 0.410 e. The average Bonchev–Trinajstić information content (AvgIpc) is 4.01. The molecule has 1 aliphatic rings. The Hall–Kier alpha value is -4.70. The molecule has 0 saturated carbocycles. The number of H-pyrrole nitrogens is 1. The fourth-order valence-electron chi connectivity index (χ4n) is 9.11. The molecule has 3 heterocycles. The Morgan fingerprint density at radius 2 is 1.61 bits per heavy atom. The van der Waals surface area contributed by atoms with Crippen LogP contribution in [-0.4, -0.2) is 165 Å². The topological polar surface area (TPSA) is 231 Å². The van der Waals surface area contributed by atoms with E-state index >= 15 is 0 Å². The molecule has 71 heavy (non-hydrogen) atoms. The van der Waals surface area contributed by atoms with Crippen LogP contribution in [0, 0.1) is 23.7 Å². The lowest BCUT2D eigenvalue weighted by atomic mass is 9.89. The number of imidazole rings is 1. The molecule has 4 N–H and O–H groups in total. The molecule has 2 aromatic heterocycles. The van der Waals surface area contributed by atoms with Crippen LogP contribution in [0.25, 0.3) is 11.2 Å². The van der Waals surface area contributed by atoms with Crippen LogP contribution in [0.4, 0.5) is 4.79 Å². The van der Waals surface area contributed by atoms with Crippen LogP contribution in [0.2, 0.25) is 0 Å². The lowest BCUT2D eigenvalue weighted by molar-refractivity contribution is -0.148. The highest BCUT2D eigenvalue weighted by Crippen LogP contribution is 2.40. The molecule has 19 nitrogen and oxygen atoms in total. The number of hydrogen-bond acceptors (Lipinski definition) is 15. The molecule has 396 valence electrons. The number of likely N-dealkylation sites (tertiary alicyclic amines) is 1. The van der Waals surface area contributed by atoms with Gasteiger partial charge in [0.05, 0.1) is 66.8 Å². The monoisotopic (exact) mass is 1030 g/mol. The van der Waals surface area contributed by atoms with Crippen molar-refractivity contribution in [3.63, 3.8) is 0 Å². The fraction of sp³-hybridized carbons (Fsp3) is 0.680. The molecule has 21 heteroatoms. The van der Waals surface area contributed by atoms with E-state index in [1.165, 1.54) is 54.9 Å². The second-order valence-corrected chi connectivity index (χ2v) is 22.7. The minimum Gasteiger partial charge on any atom is -0.467 e. The largest absolute Gasteiger partial charge is 0.467 e. The van der Waals surface area contributed by atoms with Gasteiger partial charge in [0.15, 0.2) is 10.8 Å². The van der Waals surface area contributed by atoms with Gasteiger partial charge in [-0.1, -0.05) is 96.0 Å². The molecule has 0 unspecified atom stereocenters. The Morgan fingerprint density at radius 3 is 2.20 bits per heavy atom. The number of likely N-dealkylation sites (N-methyl/N-ethyl adjacent to an activating group) is 2. The Balaban J connectivity index is 1.41. The number of fused-ring (bicyclic) bond motifs is 1. The van der Waals surface area contributed by atoms with Crippen molar-refractivity contribution >= 4 is 62.5 Å². The standard InChI is InChI=1S/C50H79N9O10S2/c1-16-30(6)40(36(66-13)25-37(60)59-24-20-23-35(59)42(67-14)31(7)44(62)52-32(8)41(61)33-21-18-17-19-22-33)57(11)46(64)38(28(2)3)54-45(63)39(29(4)5)58(12)49(65)69-27-50(9,10)71-70-48-53-34-26-51-47(68-15)55-43(34)56-48/h17-19,21-22,26,28-32,35-36,38-42,61H,16,20,23-25,27H2,1-15H3,(H,52,62)(H,54,63)(H,51,53,55,56)/t30-,31+,32+,35-,36+,38-,39-,40-,41+,42+/m0/s1. The lowest BCUT2D eigenvalue weighted by Crippen LogP contribution is -2.60. The van der Waals surface area contributed by atoms with E-state index in [1.807, 2.05) is 73.6 Å². The van der Waals surface area contributed by atoms with Crippen molar-refractivity contribution in [3.8, 4) is 6.01 Å². The van der Waals surface area contributed by atoms with Crippen LogP contribution in [0.5, 0.6) is 6.01 Å². The van der Waals surface area contributed by atoms with Crippen molar-refractivity contribution in [3.05, 3.63) is 42.1 Å². The van der Waals surface area contributed by atoms with Gasteiger partial charge >= 0.3 is 12.1 Å². The van der Waals surface area contributed by atoms with E-state index in [0.717, 1.165) is 0 Å². The second-order valence-electron chi connectivity index (χ2n) is 19.9. The first-order valence-electron chi connectivity index (χ1n) is 24.5. The highest BCUT2D eigenvalue weighted by atomic mass is 33.1. The molecule has 0 spiro atoms. The van der Waals surface area contributed by atoms with E-state index in [1.54, 1.807) is 49.0 Å². The first-order chi connectivity index (χ1) is 33.5. The van der Waals surface area contributed by atoms with Crippen LogP contribution in [-0.2, 0) is 33.4 Å². The van der Waals surface area contributed by atoms with Crippen molar-refractivity contribution in [1.82, 2.24) is 45.3 Å². The van der Waals surface area contributed by atoms with Gasteiger partial charge in [-0.25, -0.2) is 14.8 Å². The molecule has 1 aliphatic heterocycles. The summed E-state index contributed by atoms with van der Waals surface area (Å²) in [6, 6.07) is 5.86. The van der Waals surface area contributed by atoms with Gasteiger partial charge in [-0.15, -0.1) is 0 Å². The maximum atomic E-state index is 14.7. The minimum atomic E-state index is -0.981. The fourth-order valence-corrected chi connectivity index (χ4v) is 11.1. The van der Waals surface area contributed by atoms with E-state index in [-0.39, 0.29) is 54.5 Å². The third-order valence-electron chi connectivity index (χ3n) is 13.3. The van der Waals surface area contributed by atoms with Gasteiger partial charge in [0.1, 0.15) is 24.2 Å². The number of nitrogens with one attached hydrogen (secondary N) is 3. The summed E-state index contributed by atoms with van der Waals surface area (Å²) in [4.78, 5) is 91.2. The summed E-state index contributed by atoms with van der Waals surface area (Å²) in [5.41, 5.74) is 1.81. The van der Waals surface area contributed by atoms with E-state index in [4.69, 9.17) is 18.9 Å². The molecule has 1 aromatic carbocycles. The number of aromatic amines is 1. The molecule has 1 saturated heterocycles. The number of carbonyl (C=O) groups is 5. The minimum absolute atomic E-state index is 0.0224. The van der Waals surface area contributed by atoms with Crippen molar-refractivity contribution in [2.24, 2.45) is 23.7 Å². The summed E-state index contributed by atoms with van der Waals surface area (Å²) in [5, 5.41) is 17.4. The molecule has 0 bridgehead atoms. The Kier molecular flexibility index (Phi) is 22.3. The Bertz CT molecular complexity index is 2220. The van der Waals surface area contributed by atoms with Crippen LogP contribution in [0.15, 0.2) is 41.7 Å². The molecule has 4 rings (SSSR count). The van der Waals surface area contributed by atoms with E-state index in [0.29, 0.717) is 47.7 Å². The summed E-state index contributed by atoms with van der Waals surface area (Å²) in [6.07, 6.45) is 0.578. The summed E-state index contributed by atoms with van der Waals surface area (Å²) in [5.74, 6) is -2.83. The molecule has 0 radical (unpaired) electrons. The molecule has 5 amide bonds. The second kappa shape index (κ2) is 26.8. The maximum absolute atomic E-state index is 14.7. The van der Waals surface area contributed by atoms with Crippen molar-refractivity contribution in [1.29, 1.82) is 0 Å². The normalized spacial score (nSPS) is 17.9. The molecular formula is C50H79N9O10S2. The third kappa shape index (κ3) is 15.4. The van der Waals surface area contributed by atoms with Crippen LogP contribution in [0.1, 0.15) is 107 Å². The summed E-state index contributed by atoms with van der Waals surface area (Å²) in [6.45, 7) is 19.2. The van der Waals surface area contributed by atoms with Gasteiger partial charge in [0.2, 0.25) is 23.6 Å². The predicted octanol–water partition coefficient (Wildman–Crippen LogP) is 6.27. The lowest BCUT2D eigenvalue weighted by Gasteiger charge is -2.41. The van der Waals surface area contributed by atoms with E-state index in [9.17, 15) is 29.1 Å². The predicted molar refractivity (Wildman–Crippen MR) is 275 cm³/mol. The van der Waals surface area contributed by atoms with Crippen molar-refractivity contribution < 1.29 is 48.0 Å². The van der Waals surface area contributed by atoms with Gasteiger partial charge in [0, 0.05) is 34.9 Å². The zero-order chi connectivity index (χ0) is 52.9. The summed E-state index contributed by atoms with van der Waals surface area (Å²) >= 11 is 0. The highest BCUT2D eigenvalue weighted by Gasteiger charge is 2.44. The smallest absolute Gasteiger partial charge is 0.410 e. The number of nitrogens with zero attached hydrogens (tertiary/aromatic N) is 6. The zero-order valence-corrected chi connectivity index (χ0v) is 45.9. The first kappa shape index (κ1) is 58.9.